The fourth-order valence-corrected chi connectivity index (χ4v) is 3.56. The van der Waals surface area contributed by atoms with E-state index < -0.39 is 0 Å². The van der Waals surface area contributed by atoms with Gasteiger partial charge < -0.3 is 0 Å². The Bertz CT molecular complexity index is 766. The van der Waals surface area contributed by atoms with Gasteiger partial charge >= 0.3 is 0 Å². The van der Waals surface area contributed by atoms with Gasteiger partial charge in [-0.2, -0.15) is 0 Å². The number of hydrogen-bond donors (Lipinski definition) is 2. The van der Waals surface area contributed by atoms with E-state index in [4.69, 9.17) is 5.84 Å². The Morgan fingerprint density at radius 3 is 2.81 bits per heavy atom. The van der Waals surface area contributed by atoms with Gasteiger partial charge in [-0.1, -0.05) is 30.3 Å². The zero-order valence-corrected chi connectivity index (χ0v) is 12.6. The van der Waals surface area contributed by atoms with Gasteiger partial charge in [-0.05, 0) is 47.4 Å². The van der Waals surface area contributed by atoms with Crippen molar-refractivity contribution < 1.29 is 4.39 Å². The van der Waals surface area contributed by atoms with Gasteiger partial charge in [-0.15, -0.1) is 11.3 Å². The second kappa shape index (κ2) is 5.93. The monoisotopic (exact) mass is 300 g/mol. The number of halogens is 1. The highest BCUT2D eigenvalue weighted by Gasteiger charge is 2.17. The minimum absolute atomic E-state index is 0.211. The van der Waals surface area contributed by atoms with Crippen molar-refractivity contribution >= 4 is 21.4 Å². The number of benzene rings is 2. The summed E-state index contributed by atoms with van der Waals surface area (Å²) >= 11 is 1.71. The van der Waals surface area contributed by atoms with Crippen molar-refractivity contribution in [2.24, 2.45) is 5.84 Å². The highest BCUT2D eigenvalue weighted by Crippen LogP contribution is 2.30. The first-order valence-electron chi connectivity index (χ1n) is 6.86. The summed E-state index contributed by atoms with van der Waals surface area (Å²) in [5, 5.41) is 3.34. The van der Waals surface area contributed by atoms with Crippen LogP contribution < -0.4 is 11.3 Å². The van der Waals surface area contributed by atoms with Gasteiger partial charge in [0.25, 0.3) is 0 Å². The first kappa shape index (κ1) is 14.2. The molecule has 2 nitrogen and oxygen atoms in total. The number of thiophene rings is 1. The van der Waals surface area contributed by atoms with Crippen molar-refractivity contribution in [1.82, 2.24) is 5.43 Å². The van der Waals surface area contributed by atoms with Gasteiger partial charge in [0.1, 0.15) is 5.82 Å². The smallest absolute Gasteiger partial charge is 0.128 e. The van der Waals surface area contributed by atoms with Crippen molar-refractivity contribution in [3.8, 4) is 0 Å². The lowest BCUT2D eigenvalue weighted by Crippen LogP contribution is -2.30. The molecule has 4 heteroatoms. The van der Waals surface area contributed by atoms with Crippen LogP contribution in [0.15, 0.2) is 47.8 Å². The van der Waals surface area contributed by atoms with Crippen LogP contribution in [-0.2, 0) is 6.42 Å². The predicted octanol–water partition coefficient (Wildman–Crippen LogP) is 4.10. The van der Waals surface area contributed by atoms with Crippen LogP contribution in [0, 0.1) is 12.7 Å². The summed E-state index contributed by atoms with van der Waals surface area (Å²) in [4.78, 5) is 0. The van der Waals surface area contributed by atoms with Crippen molar-refractivity contribution in [2.75, 3.05) is 0 Å². The van der Waals surface area contributed by atoms with Gasteiger partial charge in [0.2, 0.25) is 0 Å². The van der Waals surface area contributed by atoms with E-state index in [0.717, 1.165) is 5.56 Å². The Hall–Kier alpha value is -1.75. The molecule has 1 heterocycles. The molecular formula is C17H17FN2S. The first-order valence-corrected chi connectivity index (χ1v) is 7.74. The summed E-state index contributed by atoms with van der Waals surface area (Å²) in [6.45, 7) is 1.88. The molecule has 0 radical (unpaired) electrons. The quantitative estimate of drug-likeness (QED) is 0.562. The maximum atomic E-state index is 14.1. The number of hydrazine groups is 1. The third-order valence-electron chi connectivity index (χ3n) is 3.72. The van der Waals surface area contributed by atoms with Crippen molar-refractivity contribution in [1.29, 1.82) is 0 Å². The molecule has 0 bridgehead atoms. The van der Waals surface area contributed by atoms with E-state index in [1.807, 2.05) is 31.2 Å². The van der Waals surface area contributed by atoms with Gasteiger partial charge in [-0.25, -0.2) is 4.39 Å². The Morgan fingerprint density at radius 1 is 1.24 bits per heavy atom. The molecule has 3 N–H and O–H groups in total. The SMILES string of the molecule is Cc1ccc(C(Cc2csc3ccccc23)NN)c(F)c1. The Morgan fingerprint density at radius 2 is 2.05 bits per heavy atom. The molecule has 0 fully saturated rings. The zero-order chi connectivity index (χ0) is 14.8. The second-order valence-corrected chi connectivity index (χ2v) is 6.12. The minimum Gasteiger partial charge on any atom is -0.271 e. The first-order chi connectivity index (χ1) is 10.2. The van der Waals surface area contributed by atoms with E-state index >= 15 is 0 Å². The number of nitrogens with one attached hydrogen (secondary N) is 1. The van der Waals surface area contributed by atoms with E-state index in [1.54, 1.807) is 17.4 Å². The summed E-state index contributed by atoms with van der Waals surface area (Å²) in [5.74, 6) is 5.45. The second-order valence-electron chi connectivity index (χ2n) is 5.21. The number of nitrogens with two attached hydrogens (primary N) is 1. The summed E-state index contributed by atoms with van der Waals surface area (Å²) in [6, 6.07) is 13.3. The molecular weight excluding hydrogens is 283 g/mol. The van der Waals surface area contributed by atoms with Crippen molar-refractivity contribution in [3.63, 3.8) is 0 Å². The summed E-state index contributed by atoms with van der Waals surface area (Å²) in [6.07, 6.45) is 0.667. The molecule has 108 valence electrons. The lowest BCUT2D eigenvalue weighted by atomic mass is 9.97. The number of fused-ring (bicyclic) bond motifs is 1. The van der Waals surface area contributed by atoms with Gasteiger partial charge in [0.05, 0.1) is 6.04 Å². The summed E-state index contributed by atoms with van der Waals surface area (Å²) in [5.41, 5.74) is 5.46. The minimum atomic E-state index is -0.233. The van der Waals surface area contributed by atoms with E-state index in [0.29, 0.717) is 12.0 Å². The molecule has 2 aromatic carbocycles. The van der Waals surface area contributed by atoms with Crippen LogP contribution in [0.5, 0.6) is 0 Å². The van der Waals surface area contributed by atoms with Crippen LogP contribution in [0.4, 0.5) is 4.39 Å². The molecule has 1 aromatic heterocycles. The Kier molecular flexibility index (Phi) is 4.01. The Balaban J connectivity index is 1.94. The van der Waals surface area contributed by atoms with E-state index in [-0.39, 0.29) is 11.9 Å². The molecule has 0 spiro atoms. The van der Waals surface area contributed by atoms with Gasteiger partial charge in [0.15, 0.2) is 0 Å². The average Bonchev–Trinajstić information content (AvgIpc) is 2.89. The molecule has 21 heavy (non-hydrogen) atoms. The molecule has 0 aliphatic heterocycles. The van der Waals surface area contributed by atoms with Gasteiger partial charge in [0, 0.05) is 10.3 Å². The van der Waals surface area contributed by atoms with Crippen molar-refractivity contribution in [3.05, 3.63) is 70.4 Å². The normalized spacial score (nSPS) is 12.7. The van der Waals surface area contributed by atoms with E-state index in [9.17, 15) is 4.39 Å². The molecule has 0 amide bonds. The Labute approximate surface area is 127 Å². The van der Waals surface area contributed by atoms with Crippen LogP contribution in [-0.4, -0.2) is 0 Å². The highest BCUT2D eigenvalue weighted by atomic mass is 32.1. The van der Waals surface area contributed by atoms with Gasteiger partial charge in [-0.3, -0.25) is 11.3 Å². The average molecular weight is 300 g/mol. The topological polar surface area (TPSA) is 38.0 Å². The molecule has 0 aliphatic carbocycles. The summed E-state index contributed by atoms with van der Waals surface area (Å²) < 4.78 is 15.4. The van der Waals surface area contributed by atoms with Crippen LogP contribution in [0.25, 0.3) is 10.1 Å². The van der Waals surface area contributed by atoms with Crippen LogP contribution >= 0.6 is 11.3 Å². The maximum Gasteiger partial charge on any atom is 0.128 e. The molecule has 1 atom stereocenters. The molecule has 0 saturated carbocycles. The third kappa shape index (κ3) is 2.83. The number of rotatable bonds is 4. The van der Waals surface area contributed by atoms with Crippen LogP contribution in [0.2, 0.25) is 0 Å². The summed E-state index contributed by atoms with van der Waals surface area (Å²) in [7, 11) is 0. The molecule has 0 saturated heterocycles. The maximum absolute atomic E-state index is 14.1. The fourth-order valence-electron chi connectivity index (χ4n) is 2.58. The van der Waals surface area contributed by atoms with E-state index in [2.05, 4.69) is 22.9 Å². The zero-order valence-electron chi connectivity index (χ0n) is 11.8. The fraction of sp³-hybridized carbons (Fsp3) is 0.176. The number of hydrogen-bond acceptors (Lipinski definition) is 3. The predicted molar refractivity (Wildman–Crippen MR) is 86.7 cm³/mol. The van der Waals surface area contributed by atoms with E-state index in [1.165, 1.54) is 15.6 Å². The third-order valence-corrected chi connectivity index (χ3v) is 4.73. The highest BCUT2D eigenvalue weighted by molar-refractivity contribution is 7.17. The van der Waals surface area contributed by atoms with Crippen LogP contribution in [0.3, 0.4) is 0 Å². The van der Waals surface area contributed by atoms with Crippen molar-refractivity contribution in [2.45, 2.75) is 19.4 Å². The number of aryl methyl sites for hydroxylation is 1. The molecule has 3 rings (SSSR count). The molecule has 3 aromatic rings. The molecule has 1 unspecified atom stereocenters. The van der Waals surface area contributed by atoms with Crippen LogP contribution in [0.1, 0.15) is 22.7 Å². The molecule has 0 aliphatic rings. The standard InChI is InChI=1S/C17H17FN2S/c1-11-6-7-14(15(18)8-11)16(20-19)9-12-10-21-17-5-3-2-4-13(12)17/h2-8,10,16,20H,9,19H2,1H3. The largest absolute Gasteiger partial charge is 0.271 e. The lowest BCUT2D eigenvalue weighted by Gasteiger charge is -2.17. The lowest BCUT2D eigenvalue weighted by molar-refractivity contribution is 0.511.